The zero-order chi connectivity index (χ0) is 22.6. The number of morpholine rings is 1. The van der Waals surface area contributed by atoms with Crippen LogP contribution in [0.1, 0.15) is 26.3 Å². The Morgan fingerprint density at radius 1 is 1.09 bits per heavy atom. The Kier molecular flexibility index (Phi) is 6.39. The summed E-state index contributed by atoms with van der Waals surface area (Å²) in [5.41, 5.74) is 4.57. The van der Waals surface area contributed by atoms with E-state index in [1.807, 2.05) is 41.8 Å². The molecule has 170 valence electrons. The molecule has 0 unspecified atom stereocenters. The maximum Gasteiger partial charge on any atom is 0.255 e. The van der Waals surface area contributed by atoms with Gasteiger partial charge in [-0.1, -0.05) is 12.1 Å². The monoisotopic (exact) mass is 462 g/mol. The fourth-order valence-electron chi connectivity index (χ4n) is 4.23. The van der Waals surface area contributed by atoms with Crippen molar-refractivity contribution in [3.8, 4) is 10.4 Å². The molecule has 3 N–H and O–H groups in total. The minimum absolute atomic E-state index is 0.154. The van der Waals surface area contributed by atoms with Crippen LogP contribution in [0, 0.1) is 0 Å². The molecule has 3 heterocycles. The molecule has 2 aromatic carbocycles. The van der Waals surface area contributed by atoms with Gasteiger partial charge < -0.3 is 20.7 Å². The van der Waals surface area contributed by atoms with E-state index in [0.29, 0.717) is 23.4 Å². The van der Waals surface area contributed by atoms with E-state index >= 15 is 0 Å². The molecule has 1 aromatic heterocycles. The lowest BCUT2D eigenvalue weighted by atomic mass is 10.00. The zero-order valence-electron chi connectivity index (χ0n) is 18.2. The highest BCUT2D eigenvalue weighted by Crippen LogP contribution is 2.36. The zero-order valence-corrected chi connectivity index (χ0v) is 19.0. The molecule has 8 heteroatoms. The maximum absolute atomic E-state index is 12.9. The number of hydrogen-bond donors (Lipinski definition) is 3. The van der Waals surface area contributed by atoms with Crippen molar-refractivity contribution in [2.24, 2.45) is 0 Å². The van der Waals surface area contributed by atoms with Crippen molar-refractivity contribution in [2.75, 3.05) is 50.0 Å². The van der Waals surface area contributed by atoms with Gasteiger partial charge in [-0.25, -0.2) is 0 Å². The molecule has 0 aliphatic carbocycles. The number of fused-ring (bicyclic) bond motifs is 1. The number of nitrogens with one attached hydrogen (secondary N) is 3. The van der Waals surface area contributed by atoms with Gasteiger partial charge >= 0.3 is 0 Å². The van der Waals surface area contributed by atoms with Gasteiger partial charge in [0.15, 0.2) is 0 Å². The highest BCUT2D eigenvalue weighted by Gasteiger charge is 2.27. The van der Waals surface area contributed by atoms with Crippen LogP contribution >= 0.6 is 11.3 Å². The summed E-state index contributed by atoms with van der Waals surface area (Å²) in [7, 11) is 0. The fraction of sp³-hybridized carbons (Fsp3) is 0.280. The van der Waals surface area contributed by atoms with E-state index < -0.39 is 0 Å². The number of carbonyl (C=O) groups excluding carboxylic acids is 2. The number of anilines is 2. The molecular formula is C25H26N4O3S. The van der Waals surface area contributed by atoms with Crippen LogP contribution in [0.5, 0.6) is 0 Å². The second-order valence-electron chi connectivity index (χ2n) is 8.09. The van der Waals surface area contributed by atoms with Crippen LogP contribution in [0.3, 0.4) is 0 Å². The van der Waals surface area contributed by atoms with Crippen molar-refractivity contribution in [3.05, 3.63) is 70.6 Å². The lowest BCUT2D eigenvalue weighted by Crippen LogP contribution is -2.39. The molecule has 7 nitrogen and oxygen atoms in total. The molecule has 1 saturated heterocycles. The van der Waals surface area contributed by atoms with E-state index in [-0.39, 0.29) is 11.8 Å². The maximum atomic E-state index is 12.9. The third-order valence-electron chi connectivity index (χ3n) is 6.01. The summed E-state index contributed by atoms with van der Waals surface area (Å²) in [5, 5.41) is 11.2. The molecule has 0 bridgehead atoms. The van der Waals surface area contributed by atoms with Gasteiger partial charge in [-0.15, -0.1) is 11.3 Å². The minimum atomic E-state index is -0.236. The predicted molar refractivity (Wildman–Crippen MR) is 131 cm³/mol. The molecule has 0 atom stereocenters. The first-order chi connectivity index (χ1) is 16.2. The molecule has 1 fully saturated rings. The normalized spacial score (nSPS) is 15.7. The Bertz CT molecular complexity index is 1140. The van der Waals surface area contributed by atoms with Crippen LogP contribution < -0.4 is 16.0 Å². The number of benzene rings is 2. The van der Waals surface area contributed by atoms with Crippen molar-refractivity contribution >= 4 is 34.5 Å². The van der Waals surface area contributed by atoms with Gasteiger partial charge in [-0.3, -0.25) is 14.5 Å². The first kappa shape index (κ1) is 21.6. The predicted octanol–water partition coefficient (Wildman–Crippen LogP) is 3.65. The summed E-state index contributed by atoms with van der Waals surface area (Å²) in [6.07, 6.45) is 0. The molecule has 0 radical (unpaired) electrons. The second-order valence-corrected chi connectivity index (χ2v) is 9.03. The third kappa shape index (κ3) is 4.78. The van der Waals surface area contributed by atoms with Gasteiger partial charge in [0.2, 0.25) is 0 Å². The van der Waals surface area contributed by atoms with Crippen molar-refractivity contribution in [1.29, 1.82) is 0 Å². The van der Waals surface area contributed by atoms with Gasteiger partial charge in [0.25, 0.3) is 11.8 Å². The standard InChI is InChI=1S/C25H26N4O3S/c30-24(17-3-5-18(6-4-17)26-9-10-29-11-13-32-14-12-29)28-21-8-7-19(22-2-1-15-33-22)20-16-27-25(31)23(20)21/h1-8,15,26H,9-14,16H2,(H,27,31)(H,28,30). The highest BCUT2D eigenvalue weighted by atomic mass is 32.1. The van der Waals surface area contributed by atoms with E-state index in [1.165, 1.54) is 0 Å². The van der Waals surface area contributed by atoms with Crippen LogP contribution in [0.2, 0.25) is 0 Å². The van der Waals surface area contributed by atoms with E-state index in [4.69, 9.17) is 4.74 Å². The van der Waals surface area contributed by atoms with Crippen LogP contribution in [-0.2, 0) is 11.3 Å². The minimum Gasteiger partial charge on any atom is -0.384 e. The smallest absolute Gasteiger partial charge is 0.255 e. The summed E-state index contributed by atoms with van der Waals surface area (Å²) in [6.45, 7) is 5.80. The number of rotatable bonds is 7. The summed E-state index contributed by atoms with van der Waals surface area (Å²) < 4.78 is 5.37. The Balaban J connectivity index is 1.24. The molecule has 0 saturated carbocycles. The van der Waals surface area contributed by atoms with Crippen molar-refractivity contribution in [1.82, 2.24) is 10.2 Å². The van der Waals surface area contributed by atoms with Gasteiger partial charge in [0, 0.05) is 48.9 Å². The van der Waals surface area contributed by atoms with Crippen LogP contribution in [0.25, 0.3) is 10.4 Å². The fourth-order valence-corrected chi connectivity index (χ4v) is 5.01. The van der Waals surface area contributed by atoms with Crippen LogP contribution in [-0.4, -0.2) is 56.1 Å². The first-order valence-corrected chi connectivity index (χ1v) is 12.0. The van der Waals surface area contributed by atoms with E-state index in [9.17, 15) is 9.59 Å². The lowest BCUT2D eigenvalue weighted by molar-refractivity contribution is 0.0398. The number of ether oxygens (including phenoxy) is 1. The van der Waals surface area contributed by atoms with E-state index in [2.05, 4.69) is 20.9 Å². The van der Waals surface area contributed by atoms with Crippen molar-refractivity contribution < 1.29 is 14.3 Å². The molecule has 2 aliphatic rings. The highest BCUT2D eigenvalue weighted by molar-refractivity contribution is 7.13. The summed E-state index contributed by atoms with van der Waals surface area (Å²) in [4.78, 5) is 28.9. The summed E-state index contributed by atoms with van der Waals surface area (Å²) >= 11 is 1.63. The second kappa shape index (κ2) is 9.74. The Hall–Kier alpha value is -3.20. The molecular weight excluding hydrogens is 436 g/mol. The van der Waals surface area contributed by atoms with Crippen LogP contribution in [0.15, 0.2) is 53.9 Å². The van der Waals surface area contributed by atoms with E-state index in [0.717, 1.165) is 61.1 Å². The number of hydrogen-bond acceptors (Lipinski definition) is 6. The Morgan fingerprint density at radius 2 is 1.91 bits per heavy atom. The molecule has 33 heavy (non-hydrogen) atoms. The first-order valence-electron chi connectivity index (χ1n) is 11.1. The van der Waals surface area contributed by atoms with Gasteiger partial charge in [-0.05, 0) is 52.9 Å². The Morgan fingerprint density at radius 3 is 2.67 bits per heavy atom. The molecule has 3 aromatic rings. The number of amides is 2. The lowest BCUT2D eigenvalue weighted by Gasteiger charge is -2.26. The quantitative estimate of drug-likeness (QED) is 0.499. The van der Waals surface area contributed by atoms with E-state index in [1.54, 1.807) is 23.5 Å². The molecule has 5 rings (SSSR count). The van der Waals surface area contributed by atoms with Gasteiger partial charge in [0.1, 0.15) is 0 Å². The number of nitrogens with zero attached hydrogens (tertiary/aromatic N) is 1. The number of carbonyl (C=O) groups is 2. The van der Waals surface area contributed by atoms with Gasteiger partial charge in [0.05, 0.1) is 24.5 Å². The van der Waals surface area contributed by atoms with Crippen molar-refractivity contribution in [3.63, 3.8) is 0 Å². The van der Waals surface area contributed by atoms with Crippen LogP contribution in [0.4, 0.5) is 11.4 Å². The number of thiophene rings is 1. The molecule has 2 aliphatic heterocycles. The topological polar surface area (TPSA) is 82.7 Å². The Labute approximate surface area is 196 Å². The SMILES string of the molecule is O=C(Nc1ccc(-c2cccs2)c2c1C(=O)NC2)c1ccc(NCCN2CCOCC2)cc1. The average molecular weight is 463 g/mol. The largest absolute Gasteiger partial charge is 0.384 e. The molecule has 0 spiro atoms. The summed E-state index contributed by atoms with van der Waals surface area (Å²) in [6, 6.07) is 15.2. The average Bonchev–Trinajstić information content (AvgIpc) is 3.51. The third-order valence-corrected chi connectivity index (χ3v) is 6.91. The van der Waals surface area contributed by atoms with Crippen molar-refractivity contribution in [2.45, 2.75) is 6.54 Å². The molecule has 2 amide bonds. The van der Waals surface area contributed by atoms with Gasteiger partial charge in [-0.2, -0.15) is 0 Å². The summed E-state index contributed by atoms with van der Waals surface area (Å²) in [5.74, 6) is -0.390.